The second-order valence-corrected chi connectivity index (χ2v) is 11.4. The highest BCUT2D eigenvalue weighted by Gasteiger charge is 2.37. The van der Waals surface area contributed by atoms with Crippen molar-refractivity contribution >= 4 is 33.3 Å². The van der Waals surface area contributed by atoms with Crippen LogP contribution in [0.25, 0.3) is 0 Å². The Kier molecular flexibility index (Phi) is 6.82. The lowest BCUT2D eigenvalue weighted by Gasteiger charge is -2.31. The number of pyridine rings is 1. The second-order valence-electron chi connectivity index (χ2n) is 9.49. The average Bonchev–Trinajstić information content (AvgIpc) is 3.45. The van der Waals surface area contributed by atoms with E-state index in [0.717, 1.165) is 17.7 Å². The Bertz CT molecular complexity index is 1440. The van der Waals surface area contributed by atoms with Crippen LogP contribution < -0.4 is 10.2 Å². The Morgan fingerprint density at radius 1 is 1.08 bits per heavy atom. The third kappa shape index (κ3) is 4.88. The standard InChI is InChI=1S/C26H30N6O4S/c1-18-25(19(2)32(29-18)17-24(33)31-15-12-20-8-3-4-10-22(20)31)37(35,36)30-14-7-9-21(16-30)26(34)28-23-11-5-6-13-27-23/h3-6,8,10-11,13,21H,7,9,12,14-17H2,1-2H3,(H,27,28,34)/t21-/m0/s1. The van der Waals surface area contributed by atoms with Crippen molar-refractivity contribution < 1.29 is 18.0 Å². The molecule has 194 valence electrons. The average molecular weight is 523 g/mol. The first-order chi connectivity index (χ1) is 17.8. The van der Waals surface area contributed by atoms with Crippen molar-refractivity contribution in [1.29, 1.82) is 0 Å². The maximum atomic E-state index is 13.7. The SMILES string of the molecule is Cc1nn(CC(=O)N2CCc3ccccc32)c(C)c1S(=O)(=O)N1CCC[C@H](C(=O)Nc2ccccn2)C1. The van der Waals surface area contributed by atoms with Crippen LogP contribution in [-0.2, 0) is 32.6 Å². The smallest absolute Gasteiger partial charge is 0.248 e. The van der Waals surface area contributed by atoms with Crippen LogP contribution in [0.1, 0.15) is 29.8 Å². The molecule has 1 fully saturated rings. The first-order valence-corrected chi connectivity index (χ1v) is 13.8. The Morgan fingerprint density at radius 2 is 1.86 bits per heavy atom. The highest BCUT2D eigenvalue weighted by molar-refractivity contribution is 7.89. The van der Waals surface area contributed by atoms with Gasteiger partial charge in [-0.2, -0.15) is 9.40 Å². The lowest BCUT2D eigenvalue weighted by molar-refractivity contribution is -0.121. The molecular formula is C26H30N6O4S. The number of nitrogens with one attached hydrogen (secondary N) is 1. The molecule has 1 aromatic carbocycles. The molecule has 0 radical (unpaired) electrons. The largest absolute Gasteiger partial charge is 0.310 e. The molecule has 1 atom stereocenters. The molecule has 2 aromatic heterocycles. The normalized spacial score (nSPS) is 18.0. The summed E-state index contributed by atoms with van der Waals surface area (Å²) in [6.45, 7) is 4.26. The van der Waals surface area contributed by atoms with E-state index in [1.165, 1.54) is 8.99 Å². The van der Waals surface area contributed by atoms with Gasteiger partial charge in [0, 0.05) is 31.5 Å². The summed E-state index contributed by atoms with van der Waals surface area (Å²) in [5.74, 6) is -0.438. The number of benzene rings is 1. The van der Waals surface area contributed by atoms with Gasteiger partial charge in [0.1, 0.15) is 17.3 Å². The number of aryl methyl sites for hydroxylation is 1. The number of para-hydroxylation sites is 1. The molecule has 0 bridgehead atoms. The molecule has 1 N–H and O–H groups in total. The molecule has 10 nitrogen and oxygen atoms in total. The summed E-state index contributed by atoms with van der Waals surface area (Å²) >= 11 is 0. The molecule has 5 rings (SSSR count). The highest BCUT2D eigenvalue weighted by atomic mass is 32.2. The summed E-state index contributed by atoms with van der Waals surface area (Å²) in [7, 11) is -3.92. The van der Waals surface area contributed by atoms with E-state index in [2.05, 4.69) is 15.4 Å². The van der Waals surface area contributed by atoms with Crippen molar-refractivity contribution in [2.75, 3.05) is 29.9 Å². The lowest BCUT2D eigenvalue weighted by Crippen LogP contribution is -2.44. The minimum Gasteiger partial charge on any atom is -0.310 e. The maximum Gasteiger partial charge on any atom is 0.248 e. The Labute approximate surface area is 216 Å². The maximum absolute atomic E-state index is 13.7. The predicted octanol–water partition coefficient (Wildman–Crippen LogP) is 2.52. The van der Waals surface area contributed by atoms with Gasteiger partial charge >= 0.3 is 0 Å². The topological polar surface area (TPSA) is 118 Å². The quantitative estimate of drug-likeness (QED) is 0.532. The Balaban J connectivity index is 1.32. The molecule has 0 spiro atoms. The monoisotopic (exact) mass is 522 g/mol. The minimum atomic E-state index is -3.92. The van der Waals surface area contributed by atoms with Gasteiger partial charge in [-0.05, 0) is 56.9 Å². The van der Waals surface area contributed by atoms with Gasteiger partial charge in [0.25, 0.3) is 0 Å². The molecule has 2 aliphatic heterocycles. The van der Waals surface area contributed by atoms with Gasteiger partial charge < -0.3 is 10.2 Å². The zero-order valence-corrected chi connectivity index (χ0v) is 21.7. The lowest BCUT2D eigenvalue weighted by atomic mass is 9.99. The number of aromatic nitrogens is 3. The third-order valence-corrected chi connectivity index (χ3v) is 9.18. The van der Waals surface area contributed by atoms with Gasteiger partial charge in [0.15, 0.2) is 0 Å². The molecule has 2 aliphatic rings. The van der Waals surface area contributed by atoms with Crippen LogP contribution in [0, 0.1) is 19.8 Å². The number of carbonyl (C=O) groups is 2. The Morgan fingerprint density at radius 3 is 2.65 bits per heavy atom. The number of hydrogen-bond acceptors (Lipinski definition) is 6. The molecular weight excluding hydrogens is 492 g/mol. The van der Waals surface area contributed by atoms with Gasteiger partial charge in [0.05, 0.1) is 17.3 Å². The third-order valence-electron chi connectivity index (χ3n) is 7.06. The summed E-state index contributed by atoms with van der Waals surface area (Å²) in [4.78, 5) is 31.9. The summed E-state index contributed by atoms with van der Waals surface area (Å²) in [5, 5.41) is 7.20. The summed E-state index contributed by atoms with van der Waals surface area (Å²) in [6.07, 6.45) is 3.54. The zero-order valence-electron chi connectivity index (χ0n) is 20.9. The molecule has 37 heavy (non-hydrogen) atoms. The molecule has 0 saturated carbocycles. The molecule has 2 amide bonds. The van der Waals surface area contributed by atoms with E-state index < -0.39 is 15.9 Å². The van der Waals surface area contributed by atoms with Gasteiger partial charge in [0.2, 0.25) is 21.8 Å². The fourth-order valence-corrected chi connectivity index (χ4v) is 7.08. The van der Waals surface area contributed by atoms with Gasteiger partial charge in [-0.3, -0.25) is 14.3 Å². The van der Waals surface area contributed by atoms with E-state index in [1.807, 2.05) is 24.3 Å². The van der Waals surface area contributed by atoms with E-state index in [9.17, 15) is 18.0 Å². The van der Waals surface area contributed by atoms with Crippen LogP contribution >= 0.6 is 0 Å². The molecule has 4 heterocycles. The van der Waals surface area contributed by atoms with E-state index in [1.54, 1.807) is 43.1 Å². The number of fused-ring (bicyclic) bond motifs is 1. The number of carbonyl (C=O) groups excluding carboxylic acids is 2. The molecule has 0 unspecified atom stereocenters. The van der Waals surface area contributed by atoms with E-state index in [0.29, 0.717) is 43.1 Å². The number of anilines is 2. The summed E-state index contributed by atoms with van der Waals surface area (Å²) in [5.41, 5.74) is 2.77. The van der Waals surface area contributed by atoms with E-state index in [-0.39, 0.29) is 29.8 Å². The van der Waals surface area contributed by atoms with E-state index in [4.69, 9.17) is 0 Å². The number of piperidine rings is 1. The number of sulfonamides is 1. The predicted molar refractivity (Wildman–Crippen MR) is 139 cm³/mol. The number of rotatable bonds is 6. The van der Waals surface area contributed by atoms with Crippen molar-refractivity contribution in [3.8, 4) is 0 Å². The zero-order chi connectivity index (χ0) is 26.2. The fraction of sp³-hybridized carbons (Fsp3) is 0.385. The van der Waals surface area contributed by atoms with Crippen molar-refractivity contribution in [2.24, 2.45) is 5.92 Å². The van der Waals surface area contributed by atoms with Crippen molar-refractivity contribution in [3.05, 3.63) is 65.6 Å². The van der Waals surface area contributed by atoms with Crippen LogP contribution in [0.3, 0.4) is 0 Å². The first-order valence-electron chi connectivity index (χ1n) is 12.4. The van der Waals surface area contributed by atoms with Gasteiger partial charge in [-0.1, -0.05) is 24.3 Å². The molecule has 11 heteroatoms. The van der Waals surface area contributed by atoms with Crippen LogP contribution in [0.5, 0.6) is 0 Å². The Hall–Kier alpha value is -3.57. The molecule has 0 aliphatic carbocycles. The van der Waals surface area contributed by atoms with Crippen LogP contribution in [-0.4, -0.2) is 58.9 Å². The number of hydrogen-bond donors (Lipinski definition) is 1. The number of nitrogens with zero attached hydrogens (tertiary/aromatic N) is 5. The van der Waals surface area contributed by atoms with Crippen LogP contribution in [0.15, 0.2) is 53.6 Å². The fourth-order valence-electron chi connectivity index (χ4n) is 5.19. The van der Waals surface area contributed by atoms with Crippen LogP contribution in [0.2, 0.25) is 0 Å². The minimum absolute atomic E-state index is 0.0500. The first kappa shape index (κ1) is 25.1. The van der Waals surface area contributed by atoms with Crippen molar-refractivity contribution in [1.82, 2.24) is 19.1 Å². The van der Waals surface area contributed by atoms with Gasteiger partial charge in [-0.15, -0.1) is 0 Å². The molecule has 1 saturated heterocycles. The number of amides is 2. The van der Waals surface area contributed by atoms with Crippen molar-refractivity contribution in [2.45, 2.75) is 44.6 Å². The highest BCUT2D eigenvalue weighted by Crippen LogP contribution is 2.30. The van der Waals surface area contributed by atoms with E-state index >= 15 is 0 Å². The summed E-state index contributed by atoms with van der Waals surface area (Å²) < 4.78 is 30.2. The summed E-state index contributed by atoms with van der Waals surface area (Å²) in [6, 6.07) is 13.0. The molecule has 3 aromatic rings. The van der Waals surface area contributed by atoms with Gasteiger partial charge in [-0.25, -0.2) is 13.4 Å². The second kappa shape index (κ2) is 10.1. The van der Waals surface area contributed by atoms with Crippen LogP contribution in [0.4, 0.5) is 11.5 Å². The van der Waals surface area contributed by atoms with Crippen molar-refractivity contribution in [3.63, 3.8) is 0 Å².